The van der Waals surface area contributed by atoms with E-state index in [0.29, 0.717) is 17.1 Å². The van der Waals surface area contributed by atoms with E-state index in [1.54, 1.807) is 10.7 Å². The highest BCUT2D eigenvalue weighted by Crippen LogP contribution is 2.44. The van der Waals surface area contributed by atoms with E-state index < -0.39 is 0 Å². The normalized spacial score (nSPS) is 21.4. The van der Waals surface area contributed by atoms with E-state index in [-0.39, 0.29) is 17.3 Å². The Kier molecular flexibility index (Phi) is 3.39. The lowest BCUT2D eigenvalue weighted by Gasteiger charge is -2.38. The predicted molar refractivity (Wildman–Crippen MR) is 78.9 cm³/mol. The van der Waals surface area contributed by atoms with Gasteiger partial charge in [-0.05, 0) is 46.9 Å². The summed E-state index contributed by atoms with van der Waals surface area (Å²) in [5, 5.41) is 11.9. The molecule has 112 valence electrons. The van der Waals surface area contributed by atoms with Gasteiger partial charge in [0.2, 0.25) is 0 Å². The van der Waals surface area contributed by atoms with Crippen LogP contribution >= 0.6 is 0 Å². The standard InChI is InChI=1S/C15H20FN5/c1-15(2)8-4-3-5-13(15)21-14(18-19-20-21)11-9-10(17)6-7-12(11)16/h6-7,9,13H,3-5,8,17H2,1-2H3. The maximum absolute atomic E-state index is 14.1. The highest BCUT2D eigenvalue weighted by molar-refractivity contribution is 5.61. The number of hydrogen-bond acceptors (Lipinski definition) is 4. The largest absolute Gasteiger partial charge is 0.399 e. The summed E-state index contributed by atoms with van der Waals surface area (Å²) in [7, 11) is 0. The summed E-state index contributed by atoms with van der Waals surface area (Å²) in [6, 6.07) is 4.66. The van der Waals surface area contributed by atoms with Gasteiger partial charge in [-0.15, -0.1) is 5.10 Å². The SMILES string of the molecule is CC1(C)CCCCC1n1nnnc1-c1cc(N)ccc1F. The molecule has 1 aliphatic rings. The first-order chi connectivity index (χ1) is 9.99. The highest BCUT2D eigenvalue weighted by atomic mass is 19.1. The Bertz CT molecular complexity index is 649. The van der Waals surface area contributed by atoms with Gasteiger partial charge in [0.15, 0.2) is 5.82 Å². The fraction of sp³-hybridized carbons (Fsp3) is 0.533. The van der Waals surface area contributed by atoms with Crippen molar-refractivity contribution in [2.45, 2.75) is 45.6 Å². The number of rotatable bonds is 2. The van der Waals surface area contributed by atoms with Crippen LogP contribution in [0.2, 0.25) is 0 Å². The lowest BCUT2D eigenvalue weighted by Crippen LogP contribution is -2.31. The van der Waals surface area contributed by atoms with Crippen LogP contribution in [0.3, 0.4) is 0 Å². The maximum atomic E-state index is 14.1. The molecule has 1 heterocycles. The molecular weight excluding hydrogens is 269 g/mol. The summed E-state index contributed by atoms with van der Waals surface area (Å²) in [5.41, 5.74) is 6.73. The smallest absolute Gasteiger partial charge is 0.185 e. The first-order valence-corrected chi connectivity index (χ1v) is 7.32. The number of nitrogens with two attached hydrogens (primary N) is 1. The van der Waals surface area contributed by atoms with E-state index in [1.807, 2.05) is 0 Å². The van der Waals surface area contributed by atoms with Crippen LogP contribution in [0.25, 0.3) is 11.4 Å². The number of benzene rings is 1. The Morgan fingerprint density at radius 3 is 2.90 bits per heavy atom. The number of nitrogens with zero attached hydrogens (tertiary/aromatic N) is 4. The Balaban J connectivity index is 2.07. The van der Waals surface area contributed by atoms with E-state index in [1.165, 1.54) is 18.6 Å². The van der Waals surface area contributed by atoms with Gasteiger partial charge >= 0.3 is 0 Å². The molecule has 0 radical (unpaired) electrons. The second-order valence-electron chi connectivity index (χ2n) is 6.44. The minimum atomic E-state index is -0.353. The van der Waals surface area contributed by atoms with Crippen molar-refractivity contribution in [3.63, 3.8) is 0 Å². The number of hydrogen-bond donors (Lipinski definition) is 1. The topological polar surface area (TPSA) is 69.6 Å². The maximum Gasteiger partial charge on any atom is 0.185 e. The summed E-state index contributed by atoms with van der Waals surface area (Å²) in [5.74, 6) is 0.105. The number of nitrogen functional groups attached to an aromatic ring is 1. The van der Waals surface area contributed by atoms with Crippen LogP contribution in [0.1, 0.15) is 45.6 Å². The highest BCUT2D eigenvalue weighted by Gasteiger charge is 2.36. The first kappa shape index (κ1) is 14.0. The van der Waals surface area contributed by atoms with Crippen molar-refractivity contribution >= 4 is 5.69 Å². The molecule has 2 aromatic rings. The Morgan fingerprint density at radius 1 is 1.33 bits per heavy atom. The van der Waals surface area contributed by atoms with Gasteiger partial charge in [0.25, 0.3) is 0 Å². The first-order valence-electron chi connectivity index (χ1n) is 7.32. The molecule has 1 fully saturated rings. The van der Waals surface area contributed by atoms with Crippen LogP contribution in [-0.2, 0) is 0 Å². The van der Waals surface area contributed by atoms with Gasteiger partial charge in [-0.2, -0.15) is 0 Å². The molecule has 1 unspecified atom stereocenters. The van der Waals surface area contributed by atoms with Crippen LogP contribution in [0.4, 0.5) is 10.1 Å². The second-order valence-corrected chi connectivity index (χ2v) is 6.44. The number of anilines is 1. The minimum Gasteiger partial charge on any atom is -0.399 e. The molecule has 1 atom stereocenters. The number of tetrazole rings is 1. The lowest BCUT2D eigenvalue weighted by atomic mass is 9.73. The molecule has 3 rings (SSSR count). The van der Waals surface area contributed by atoms with Crippen molar-refractivity contribution in [3.8, 4) is 11.4 Å². The van der Waals surface area contributed by atoms with Crippen molar-refractivity contribution in [1.29, 1.82) is 0 Å². The molecule has 0 aliphatic heterocycles. The second kappa shape index (κ2) is 5.09. The molecule has 1 aromatic heterocycles. The third-order valence-corrected chi connectivity index (χ3v) is 4.47. The molecule has 1 aliphatic carbocycles. The Labute approximate surface area is 123 Å². The van der Waals surface area contributed by atoms with Crippen LogP contribution in [-0.4, -0.2) is 20.2 Å². The molecular formula is C15H20FN5. The molecule has 1 aromatic carbocycles. The van der Waals surface area contributed by atoms with E-state index >= 15 is 0 Å². The zero-order chi connectivity index (χ0) is 15.0. The summed E-state index contributed by atoms with van der Waals surface area (Å²) >= 11 is 0. The van der Waals surface area contributed by atoms with Crippen LogP contribution in [0, 0.1) is 11.2 Å². The van der Waals surface area contributed by atoms with Crippen LogP contribution in [0.15, 0.2) is 18.2 Å². The van der Waals surface area contributed by atoms with Crippen LogP contribution < -0.4 is 5.73 Å². The summed E-state index contributed by atoms with van der Waals surface area (Å²) < 4.78 is 15.9. The molecule has 6 heteroatoms. The molecule has 1 saturated carbocycles. The number of halogens is 1. The molecule has 0 amide bonds. The van der Waals surface area contributed by atoms with Crippen molar-refractivity contribution in [1.82, 2.24) is 20.2 Å². The van der Waals surface area contributed by atoms with Gasteiger partial charge in [-0.1, -0.05) is 26.7 Å². The molecule has 0 spiro atoms. The minimum absolute atomic E-state index is 0.0964. The summed E-state index contributed by atoms with van der Waals surface area (Å²) in [6.45, 7) is 4.44. The summed E-state index contributed by atoms with van der Waals surface area (Å²) in [4.78, 5) is 0. The van der Waals surface area contributed by atoms with Crippen molar-refractivity contribution in [2.24, 2.45) is 5.41 Å². The number of aromatic nitrogens is 4. The van der Waals surface area contributed by atoms with E-state index in [2.05, 4.69) is 29.4 Å². The van der Waals surface area contributed by atoms with Gasteiger partial charge in [0, 0.05) is 5.69 Å². The average Bonchev–Trinajstić information content (AvgIpc) is 2.90. The van der Waals surface area contributed by atoms with Gasteiger partial charge in [-0.3, -0.25) is 0 Å². The van der Waals surface area contributed by atoms with E-state index in [0.717, 1.165) is 19.3 Å². The average molecular weight is 289 g/mol. The van der Waals surface area contributed by atoms with E-state index in [4.69, 9.17) is 5.73 Å². The van der Waals surface area contributed by atoms with Gasteiger partial charge in [0.05, 0.1) is 11.6 Å². The lowest BCUT2D eigenvalue weighted by molar-refractivity contribution is 0.132. The Hall–Kier alpha value is -1.98. The van der Waals surface area contributed by atoms with Crippen molar-refractivity contribution in [2.75, 3.05) is 5.73 Å². The molecule has 0 saturated heterocycles. The Morgan fingerprint density at radius 2 is 2.14 bits per heavy atom. The van der Waals surface area contributed by atoms with Crippen molar-refractivity contribution in [3.05, 3.63) is 24.0 Å². The monoisotopic (exact) mass is 289 g/mol. The zero-order valence-corrected chi connectivity index (χ0v) is 12.4. The third-order valence-electron chi connectivity index (χ3n) is 4.47. The molecule has 2 N–H and O–H groups in total. The van der Waals surface area contributed by atoms with Gasteiger partial charge in [-0.25, -0.2) is 9.07 Å². The zero-order valence-electron chi connectivity index (χ0n) is 12.4. The quantitative estimate of drug-likeness (QED) is 0.862. The van der Waals surface area contributed by atoms with E-state index in [9.17, 15) is 4.39 Å². The van der Waals surface area contributed by atoms with Crippen molar-refractivity contribution < 1.29 is 4.39 Å². The predicted octanol–water partition coefficient (Wildman–Crippen LogP) is 3.20. The van der Waals surface area contributed by atoms with Gasteiger partial charge < -0.3 is 5.73 Å². The molecule has 0 bridgehead atoms. The van der Waals surface area contributed by atoms with Crippen LogP contribution in [0.5, 0.6) is 0 Å². The fourth-order valence-electron chi connectivity index (χ4n) is 3.22. The molecule has 21 heavy (non-hydrogen) atoms. The van der Waals surface area contributed by atoms with Gasteiger partial charge in [0.1, 0.15) is 5.82 Å². The third kappa shape index (κ3) is 2.50. The molecule has 5 nitrogen and oxygen atoms in total. The summed E-state index contributed by atoms with van der Waals surface area (Å²) in [6.07, 6.45) is 4.49. The fourth-order valence-corrected chi connectivity index (χ4v) is 3.22.